The highest BCUT2D eigenvalue weighted by Gasteiger charge is 2.28. The van der Waals surface area contributed by atoms with Crippen molar-refractivity contribution in [3.63, 3.8) is 0 Å². The van der Waals surface area contributed by atoms with Crippen molar-refractivity contribution in [2.24, 2.45) is 11.8 Å². The van der Waals surface area contributed by atoms with Crippen molar-refractivity contribution >= 4 is 11.6 Å². The quantitative estimate of drug-likeness (QED) is 0.618. The third kappa shape index (κ3) is 2.79. The van der Waals surface area contributed by atoms with Gasteiger partial charge in [-0.25, -0.2) is 4.39 Å². The first-order chi connectivity index (χ1) is 9.40. The van der Waals surface area contributed by atoms with Crippen molar-refractivity contribution in [1.29, 1.82) is 0 Å². The lowest BCUT2D eigenvalue weighted by Crippen LogP contribution is -2.42. The molecule has 1 aliphatic heterocycles. The molecule has 1 aromatic carbocycles. The van der Waals surface area contributed by atoms with Gasteiger partial charge in [0.25, 0.3) is 11.6 Å². The van der Waals surface area contributed by atoms with E-state index in [1.54, 1.807) is 4.90 Å². The summed E-state index contributed by atoms with van der Waals surface area (Å²) in [5.41, 5.74) is -0.492. The molecule has 1 amide bonds. The zero-order valence-electron chi connectivity index (χ0n) is 11.5. The fourth-order valence-electron chi connectivity index (χ4n) is 2.41. The number of nitrogens with zero attached hydrogens (tertiary/aromatic N) is 2. The molecule has 1 heterocycles. The fraction of sp³-hybridized carbons (Fsp3) is 0.500. The van der Waals surface area contributed by atoms with E-state index in [0.29, 0.717) is 24.9 Å². The van der Waals surface area contributed by atoms with Crippen LogP contribution < -0.4 is 0 Å². The Kier molecular flexibility index (Phi) is 4.01. The summed E-state index contributed by atoms with van der Waals surface area (Å²) in [5, 5.41) is 10.7. The molecule has 1 fully saturated rings. The Labute approximate surface area is 116 Å². The van der Waals surface area contributed by atoms with Crippen molar-refractivity contribution in [1.82, 2.24) is 4.90 Å². The standard InChI is InChI=1S/C14H17FN2O3/c1-9-5-6-16(8-10(9)2)14(18)12-7-11(17(19)20)3-4-13(12)15/h3-4,7,9-10H,5-6,8H2,1-2H3. The lowest BCUT2D eigenvalue weighted by molar-refractivity contribution is -0.384. The highest BCUT2D eigenvalue weighted by molar-refractivity contribution is 5.95. The van der Waals surface area contributed by atoms with E-state index >= 15 is 0 Å². The summed E-state index contributed by atoms with van der Waals surface area (Å²) in [4.78, 5) is 24.0. The van der Waals surface area contributed by atoms with Gasteiger partial charge in [0.2, 0.25) is 0 Å². The Morgan fingerprint density at radius 1 is 1.40 bits per heavy atom. The van der Waals surface area contributed by atoms with Gasteiger partial charge in [-0.1, -0.05) is 13.8 Å². The minimum absolute atomic E-state index is 0.221. The molecule has 1 aliphatic rings. The van der Waals surface area contributed by atoms with Crippen LogP contribution in [0.2, 0.25) is 0 Å². The van der Waals surface area contributed by atoms with Crippen molar-refractivity contribution in [3.8, 4) is 0 Å². The topological polar surface area (TPSA) is 63.5 Å². The number of likely N-dealkylation sites (tertiary alicyclic amines) is 1. The number of nitro groups is 1. The largest absolute Gasteiger partial charge is 0.338 e. The summed E-state index contributed by atoms with van der Waals surface area (Å²) in [7, 11) is 0. The first kappa shape index (κ1) is 14.4. The SMILES string of the molecule is CC1CCN(C(=O)c2cc([N+](=O)[O-])ccc2F)CC1C. The third-order valence-corrected chi connectivity index (χ3v) is 4.01. The van der Waals surface area contributed by atoms with Crippen molar-refractivity contribution in [2.45, 2.75) is 20.3 Å². The minimum atomic E-state index is -0.716. The van der Waals surface area contributed by atoms with Gasteiger partial charge in [-0.3, -0.25) is 14.9 Å². The molecule has 0 N–H and O–H groups in total. The average molecular weight is 280 g/mol. The number of hydrogen-bond acceptors (Lipinski definition) is 3. The molecule has 0 aromatic heterocycles. The van der Waals surface area contributed by atoms with Crippen LogP contribution in [0.25, 0.3) is 0 Å². The number of hydrogen-bond donors (Lipinski definition) is 0. The summed E-state index contributed by atoms with van der Waals surface area (Å²) in [6, 6.07) is 3.05. The molecule has 0 aliphatic carbocycles. The Morgan fingerprint density at radius 3 is 2.70 bits per heavy atom. The van der Waals surface area contributed by atoms with Crippen LogP contribution in [0.4, 0.5) is 10.1 Å². The number of halogens is 1. The summed E-state index contributed by atoms with van der Waals surface area (Å²) in [5.74, 6) is -0.319. The summed E-state index contributed by atoms with van der Waals surface area (Å²) in [6.45, 7) is 5.29. The number of nitro benzene ring substituents is 1. The smallest absolute Gasteiger partial charge is 0.270 e. The Hall–Kier alpha value is -1.98. The second kappa shape index (κ2) is 5.56. The van der Waals surface area contributed by atoms with Crippen LogP contribution in [0, 0.1) is 27.8 Å². The second-order valence-corrected chi connectivity index (χ2v) is 5.42. The number of carbonyl (C=O) groups excluding carboxylic acids is 1. The fourth-order valence-corrected chi connectivity index (χ4v) is 2.41. The molecule has 2 atom stereocenters. The van der Waals surface area contributed by atoms with E-state index in [0.717, 1.165) is 24.6 Å². The molecule has 5 nitrogen and oxygen atoms in total. The third-order valence-electron chi connectivity index (χ3n) is 4.01. The Bertz CT molecular complexity index is 547. The molecular formula is C14H17FN2O3. The predicted molar refractivity (Wildman–Crippen MR) is 71.9 cm³/mol. The van der Waals surface area contributed by atoms with Gasteiger partial charge in [0.1, 0.15) is 5.82 Å². The van der Waals surface area contributed by atoms with Crippen LogP contribution >= 0.6 is 0 Å². The lowest BCUT2D eigenvalue weighted by Gasteiger charge is -2.35. The highest BCUT2D eigenvalue weighted by atomic mass is 19.1. The normalized spacial score (nSPS) is 22.6. The number of amides is 1. The average Bonchev–Trinajstić information content (AvgIpc) is 2.41. The number of benzene rings is 1. The van der Waals surface area contributed by atoms with E-state index in [1.165, 1.54) is 0 Å². The van der Waals surface area contributed by atoms with Crippen molar-refractivity contribution in [3.05, 3.63) is 39.7 Å². The number of piperidine rings is 1. The second-order valence-electron chi connectivity index (χ2n) is 5.42. The monoisotopic (exact) mass is 280 g/mol. The first-order valence-corrected chi connectivity index (χ1v) is 6.63. The molecular weight excluding hydrogens is 263 g/mol. The van der Waals surface area contributed by atoms with Gasteiger partial charge < -0.3 is 4.90 Å². The zero-order valence-corrected chi connectivity index (χ0v) is 11.5. The molecule has 0 spiro atoms. The number of rotatable bonds is 2. The van der Waals surface area contributed by atoms with Gasteiger partial charge in [-0.05, 0) is 24.3 Å². The van der Waals surface area contributed by atoms with Crippen LogP contribution in [0.5, 0.6) is 0 Å². The van der Waals surface area contributed by atoms with Gasteiger partial charge >= 0.3 is 0 Å². The molecule has 0 bridgehead atoms. The van der Waals surface area contributed by atoms with E-state index in [2.05, 4.69) is 6.92 Å². The molecule has 2 rings (SSSR count). The van der Waals surface area contributed by atoms with Gasteiger partial charge in [0, 0.05) is 25.2 Å². The van der Waals surface area contributed by atoms with Gasteiger partial charge in [0.15, 0.2) is 0 Å². The van der Waals surface area contributed by atoms with E-state index in [1.807, 2.05) is 6.92 Å². The Balaban J connectivity index is 2.25. The van der Waals surface area contributed by atoms with Crippen LogP contribution in [0.15, 0.2) is 18.2 Å². The summed E-state index contributed by atoms with van der Waals surface area (Å²) < 4.78 is 13.7. The van der Waals surface area contributed by atoms with Crippen LogP contribution in [0.3, 0.4) is 0 Å². The van der Waals surface area contributed by atoms with E-state index in [4.69, 9.17) is 0 Å². The van der Waals surface area contributed by atoms with E-state index in [9.17, 15) is 19.3 Å². The molecule has 1 saturated heterocycles. The molecule has 6 heteroatoms. The molecule has 0 radical (unpaired) electrons. The lowest BCUT2D eigenvalue weighted by atomic mass is 9.88. The van der Waals surface area contributed by atoms with Crippen molar-refractivity contribution in [2.75, 3.05) is 13.1 Å². The zero-order chi connectivity index (χ0) is 14.9. The first-order valence-electron chi connectivity index (χ1n) is 6.63. The van der Waals surface area contributed by atoms with Gasteiger partial charge in [-0.15, -0.1) is 0 Å². The van der Waals surface area contributed by atoms with Crippen LogP contribution in [-0.2, 0) is 0 Å². The van der Waals surface area contributed by atoms with E-state index in [-0.39, 0.29) is 11.3 Å². The van der Waals surface area contributed by atoms with Gasteiger partial charge in [0.05, 0.1) is 10.5 Å². The summed E-state index contributed by atoms with van der Waals surface area (Å²) >= 11 is 0. The van der Waals surface area contributed by atoms with E-state index < -0.39 is 16.6 Å². The summed E-state index contributed by atoms with van der Waals surface area (Å²) in [6.07, 6.45) is 0.865. The Morgan fingerprint density at radius 2 is 2.10 bits per heavy atom. The highest BCUT2D eigenvalue weighted by Crippen LogP contribution is 2.25. The van der Waals surface area contributed by atoms with Crippen molar-refractivity contribution < 1.29 is 14.1 Å². The number of non-ortho nitro benzene ring substituents is 1. The molecule has 108 valence electrons. The van der Waals surface area contributed by atoms with Gasteiger partial charge in [-0.2, -0.15) is 0 Å². The minimum Gasteiger partial charge on any atom is -0.338 e. The van der Waals surface area contributed by atoms with Crippen LogP contribution in [0.1, 0.15) is 30.6 Å². The molecule has 2 unspecified atom stereocenters. The maximum absolute atomic E-state index is 13.7. The predicted octanol–water partition coefficient (Wildman–Crippen LogP) is 2.85. The van der Waals surface area contributed by atoms with Crippen LogP contribution in [-0.4, -0.2) is 28.8 Å². The molecule has 20 heavy (non-hydrogen) atoms. The maximum atomic E-state index is 13.7. The maximum Gasteiger partial charge on any atom is 0.270 e. The molecule has 0 saturated carbocycles. The molecule has 1 aromatic rings. The number of carbonyl (C=O) groups is 1.